The third kappa shape index (κ3) is 4.81. The first-order valence-corrected chi connectivity index (χ1v) is 11.3. The van der Waals surface area contributed by atoms with Gasteiger partial charge in [-0.1, -0.05) is 48.3 Å². The molecule has 0 saturated heterocycles. The molecule has 0 radical (unpaired) electrons. The van der Waals surface area contributed by atoms with E-state index in [1.807, 2.05) is 0 Å². The van der Waals surface area contributed by atoms with Crippen LogP contribution in [0.15, 0.2) is 71.7 Å². The van der Waals surface area contributed by atoms with E-state index in [9.17, 15) is 9.59 Å². The molecule has 6 nitrogen and oxygen atoms in total. The lowest BCUT2D eigenvalue weighted by Crippen LogP contribution is -2.36. The molecule has 0 aliphatic carbocycles. The lowest BCUT2D eigenvalue weighted by Gasteiger charge is -2.13. The highest BCUT2D eigenvalue weighted by Gasteiger charge is 2.16. The molecule has 0 spiro atoms. The van der Waals surface area contributed by atoms with Crippen LogP contribution in [0.4, 0.5) is 11.4 Å². The number of hydrogen-bond acceptors (Lipinski definition) is 4. The lowest BCUT2D eigenvalue weighted by molar-refractivity contribution is 0.101. The number of carbonyl (C=O) groups excluding carboxylic acids is 2. The predicted molar refractivity (Wildman–Crippen MR) is 145 cm³/mol. The minimum Gasteiger partial charge on any atom is -0.322 e. The molecule has 4 aromatic rings. The molecule has 0 saturated carbocycles. The normalized spacial score (nSPS) is 10.5. The molecule has 0 unspecified atom stereocenters. The molecule has 4 rings (SSSR count). The summed E-state index contributed by atoms with van der Waals surface area (Å²) in [4.78, 5) is 33.6. The summed E-state index contributed by atoms with van der Waals surface area (Å²) in [5, 5.41) is 7.78. The molecule has 2 N–H and O–H groups in total. The van der Waals surface area contributed by atoms with E-state index in [-0.39, 0.29) is 11.8 Å². The Labute approximate surface area is 210 Å². The van der Waals surface area contributed by atoms with Crippen LogP contribution in [-0.2, 0) is 0 Å². The highest BCUT2D eigenvalue weighted by Crippen LogP contribution is 2.22. The molecule has 0 atom stereocenters. The van der Waals surface area contributed by atoms with Gasteiger partial charge < -0.3 is 10.6 Å². The average Bonchev–Trinajstić information content (AvgIpc) is 2.85. The Morgan fingerprint density at radius 1 is 0.657 bits per heavy atom. The first kappa shape index (κ1) is 23.8. The quantitative estimate of drug-likeness (QED) is 0.420. The maximum Gasteiger partial charge on any atom is 0.256 e. The zero-order valence-corrected chi connectivity index (χ0v) is 20.4. The third-order valence-corrected chi connectivity index (χ3v) is 6.19. The summed E-state index contributed by atoms with van der Waals surface area (Å²) < 4.78 is 0.646. The summed E-state index contributed by atoms with van der Waals surface area (Å²) in [5.41, 5.74) is 3.50. The molecule has 2 amide bonds. The number of nitrogens with zero attached hydrogens (tertiary/aromatic N) is 2. The van der Waals surface area contributed by atoms with Gasteiger partial charge in [-0.3, -0.25) is 19.6 Å². The standard InChI is InChI=1S/C28H21BrN4O2/c1-16-17(2)23(27(34)32-20-7-11-30-12-8-20)6-5-22(16)26-19(4)18(3)24(15-25(26)29)28(35)33-21-9-13-31-14-10-21/h5-15H,1-4H2,(H,30,32,34)(H,31,33,35). The third-order valence-electron chi connectivity index (χ3n) is 5.57. The van der Waals surface area contributed by atoms with Crippen LogP contribution in [0.25, 0.3) is 37.4 Å². The second kappa shape index (κ2) is 9.87. The van der Waals surface area contributed by atoms with Gasteiger partial charge in [-0.25, -0.2) is 0 Å². The van der Waals surface area contributed by atoms with Crippen LogP contribution < -0.4 is 31.5 Å². The van der Waals surface area contributed by atoms with Crippen molar-refractivity contribution in [3.05, 3.63) is 104 Å². The van der Waals surface area contributed by atoms with Crippen LogP contribution >= 0.6 is 15.9 Å². The number of anilines is 2. The second-order valence-corrected chi connectivity index (χ2v) is 8.59. The van der Waals surface area contributed by atoms with Gasteiger partial charge in [0.05, 0.1) is 0 Å². The number of hydrogen-bond donors (Lipinski definition) is 2. The Morgan fingerprint density at radius 3 is 1.69 bits per heavy atom. The minimum atomic E-state index is -0.311. The Kier molecular flexibility index (Phi) is 6.71. The van der Waals surface area contributed by atoms with Crippen molar-refractivity contribution in [3.63, 3.8) is 0 Å². The van der Waals surface area contributed by atoms with Gasteiger partial charge in [0, 0.05) is 57.3 Å². The fourth-order valence-electron chi connectivity index (χ4n) is 3.64. The van der Waals surface area contributed by atoms with Gasteiger partial charge in [0.15, 0.2) is 0 Å². The molecule has 172 valence electrons. The first-order chi connectivity index (χ1) is 16.8. The smallest absolute Gasteiger partial charge is 0.256 e. The first-order valence-electron chi connectivity index (χ1n) is 10.5. The zero-order chi connectivity index (χ0) is 25.1. The fourth-order valence-corrected chi connectivity index (χ4v) is 4.33. The van der Waals surface area contributed by atoms with E-state index >= 15 is 0 Å². The summed E-state index contributed by atoms with van der Waals surface area (Å²) >= 11 is 3.58. The largest absolute Gasteiger partial charge is 0.322 e. The van der Waals surface area contributed by atoms with Crippen molar-refractivity contribution in [3.8, 4) is 11.1 Å². The van der Waals surface area contributed by atoms with E-state index in [0.717, 1.165) is 11.1 Å². The van der Waals surface area contributed by atoms with E-state index in [1.165, 1.54) is 0 Å². The summed E-state index contributed by atoms with van der Waals surface area (Å²) in [6.45, 7) is 16.5. The van der Waals surface area contributed by atoms with E-state index in [2.05, 4.69) is 62.8 Å². The van der Waals surface area contributed by atoms with Crippen molar-refractivity contribution in [2.75, 3.05) is 10.6 Å². The highest BCUT2D eigenvalue weighted by molar-refractivity contribution is 9.10. The van der Waals surface area contributed by atoms with Crippen molar-refractivity contribution in [1.82, 2.24) is 9.97 Å². The molecule has 0 bridgehead atoms. The predicted octanol–water partition coefficient (Wildman–Crippen LogP) is 3.05. The molecule has 2 heterocycles. The molecule has 7 heteroatoms. The van der Waals surface area contributed by atoms with Crippen molar-refractivity contribution < 1.29 is 9.59 Å². The van der Waals surface area contributed by atoms with Crippen molar-refractivity contribution in [2.24, 2.45) is 0 Å². The van der Waals surface area contributed by atoms with Crippen LogP contribution in [0.3, 0.4) is 0 Å². The van der Waals surface area contributed by atoms with Crippen LogP contribution in [0.2, 0.25) is 0 Å². The van der Waals surface area contributed by atoms with E-state index in [0.29, 0.717) is 47.8 Å². The maximum atomic E-state index is 12.9. The van der Waals surface area contributed by atoms with E-state index in [1.54, 1.807) is 67.3 Å². The number of halogens is 1. The van der Waals surface area contributed by atoms with E-state index < -0.39 is 0 Å². The molecule has 0 aliphatic heterocycles. The number of amides is 2. The van der Waals surface area contributed by atoms with Crippen LogP contribution in [0.1, 0.15) is 20.7 Å². The van der Waals surface area contributed by atoms with Gasteiger partial charge in [0.2, 0.25) is 0 Å². The summed E-state index contributed by atoms with van der Waals surface area (Å²) in [5.74, 6) is -0.610. The number of carbonyl (C=O) groups is 2. The molecule has 35 heavy (non-hydrogen) atoms. The van der Waals surface area contributed by atoms with Gasteiger partial charge in [0.1, 0.15) is 0 Å². The van der Waals surface area contributed by atoms with Crippen molar-refractivity contribution in [2.45, 2.75) is 0 Å². The monoisotopic (exact) mass is 524 g/mol. The Morgan fingerprint density at radius 2 is 1.14 bits per heavy atom. The molecular weight excluding hydrogens is 504 g/mol. The summed E-state index contributed by atoms with van der Waals surface area (Å²) in [6.07, 6.45) is 6.39. The minimum absolute atomic E-state index is 0.299. The van der Waals surface area contributed by atoms with Crippen LogP contribution in [0, 0.1) is 0 Å². The molecule has 0 aliphatic rings. The van der Waals surface area contributed by atoms with Gasteiger partial charge >= 0.3 is 0 Å². The lowest BCUT2D eigenvalue weighted by atomic mass is 9.95. The van der Waals surface area contributed by atoms with Crippen molar-refractivity contribution >= 4 is 65.4 Å². The zero-order valence-electron chi connectivity index (χ0n) is 18.8. The molecule has 2 aromatic heterocycles. The fraction of sp³-hybridized carbons (Fsp3) is 0. The van der Waals surface area contributed by atoms with Gasteiger partial charge in [-0.15, -0.1) is 0 Å². The second-order valence-electron chi connectivity index (χ2n) is 7.74. The Bertz CT molecular complexity index is 1660. The van der Waals surface area contributed by atoms with Crippen molar-refractivity contribution in [1.29, 1.82) is 0 Å². The van der Waals surface area contributed by atoms with Gasteiger partial charge in [0.25, 0.3) is 11.8 Å². The van der Waals surface area contributed by atoms with Crippen LogP contribution in [0.5, 0.6) is 0 Å². The number of aromatic nitrogens is 2. The van der Waals surface area contributed by atoms with Gasteiger partial charge in [-0.2, -0.15) is 0 Å². The van der Waals surface area contributed by atoms with Gasteiger partial charge in [-0.05, 0) is 62.8 Å². The Hall–Kier alpha value is -4.36. The SMILES string of the molecule is C=c1c(C(=O)Nc2ccncc2)ccc(-c2c(Br)cc(C(=O)Nc3ccncc3)c(=C)c2=C)c1=C. The Balaban J connectivity index is 1.71. The molecule has 0 fully saturated rings. The molecular formula is C28H21BrN4O2. The number of pyridine rings is 2. The highest BCUT2D eigenvalue weighted by atomic mass is 79.9. The van der Waals surface area contributed by atoms with E-state index in [4.69, 9.17) is 0 Å². The summed E-state index contributed by atoms with van der Waals surface area (Å²) in [7, 11) is 0. The number of rotatable bonds is 5. The number of nitrogens with one attached hydrogen (secondary N) is 2. The average molecular weight is 525 g/mol. The summed E-state index contributed by atoms with van der Waals surface area (Å²) in [6, 6.07) is 12.0. The number of benzene rings is 2. The maximum absolute atomic E-state index is 12.9. The molecule has 2 aromatic carbocycles. The van der Waals surface area contributed by atoms with Crippen LogP contribution in [-0.4, -0.2) is 21.8 Å². The topological polar surface area (TPSA) is 84.0 Å².